The number of piperidine rings is 1. The van der Waals surface area contributed by atoms with Crippen LogP contribution in [0.15, 0.2) is 18.2 Å². The van der Waals surface area contributed by atoms with Crippen LogP contribution in [-0.4, -0.2) is 6.04 Å². The van der Waals surface area contributed by atoms with Gasteiger partial charge >= 0.3 is 0 Å². The summed E-state index contributed by atoms with van der Waals surface area (Å²) in [5, 5.41) is 3.77. The first-order chi connectivity index (χ1) is 8.24. The summed E-state index contributed by atoms with van der Waals surface area (Å²) >= 11 is 0. The molecule has 0 radical (unpaired) electrons. The van der Waals surface area contributed by atoms with Gasteiger partial charge in [-0.15, -0.1) is 0 Å². The van der Waals surface area contributed by atoms with Crippen molar-refractivity contribution in [3.63, 3.8) is 0 Å². The largest absolute Gasteiger partial charge is 0.307 e. The van der Waals surface area contributed by atoms with E-state index in [1.165, 1.54) is 37.7 Å². The van der Waals surface area contributed by atoms with Gasteiger partial charge in [-0.05, 0) is 61.8 Å². The Morgan fingerprint density at radius 2 is 2.06 bits per heavy atom. The van der Waals surface area contributed by atoms with E-state index >= 15 is 0 Å². The minimum absolute atomic E-state index is 0.124. The lowest BCUT2D eigenvalue weighted by atomic mass is 9.86. The molecule has 1 nitrogen and oxygen atoms in total. The van der Waals surface area contributed by atoms with Gasteiger partial charge in [-0.2, -0.15) is 0 Å². The van der Waals surface area contributed by atoms with E-state index in [-0.39, 0.29) is 5.82 Å². The normalized spacial score (nSPS) is 32.5. The second-order valence-electron chi connectivity index (χ2n) is 5.59. The van der Waals surface area contributed by atoms with Crippen LogP contribution < -0.4 is 5.32 Å². The maximum Gasteiger partial charge on any atom is 0.123 e. The average molecular weight is 233 g/mol. The Bertz CT molecular complexity index is 415. The van der Waals surface area contributed by atoms with Crippen LogP contribution in [-0.2, 0) is 0 Å². The first-order valence-corrected chi connectivity index (χ1v) is 6.76. The summed E-state index contributed by atoms with van der Waals surface area (Å²) in [7, 11) is 0. The zero-order chi connectivity index (χ0) is 11.8. The Balaban J connectivity index is 1.80. The molecule has 2 heteroatoms. The van der Waals surface area contributed by atoms with Gasteiger partial charge in [0.15, 0.2) is 0 Å². The van der Waals surface area contributed by atoms with Crippen molar-refractivity contribution in [1.82, 2.24) is 5.32 Å². The molecule has 3 unspecified atom stereocenters. The maximum absolute atomic E-state index is 13.1. The second kappa shape index (κ2) is 4.41. The van der Waals surface area contributed by atoms with Crippen LogP contribution in [0.1, 0.15) is 49.3 Å². The summed E-state index contributed by atoms with van der Waals surface area (Å²) in [5.41, 5.74) is 2.37. The van der Waals surface area contributed by atoms with Gasteiger partial charge in [-0.1, -0.05) is 12.5 Å². The lowest BCUT2D eigenvalue weighted by Crippen LogP contribution is -2.40. The Kier molecular flexibility index (Phi) is 2.91. The molecular formula is C15H20FN. The van der Waals surface area contributed by atoms with E-state index < -0.39 is 0 Å². The molecule has 1 aromatic carbocycles. The highest BCUT2D eigenvalue weighted by Gasteiger charge is 2.33. The number of hydrogen-bond donors (Lipinski definition) is 1. The van der Waals surface area contributed by atoms with Gasteiger partial charge in [0.1, 0.15) is 5.82 Å². The van der Waals surface area contributed by atoms with Gasteiger partial charge < -0.3 is 5.32 Å². The first kappa shape index (κ1) is 11.2. The van der Waals surface area contributed by atoms with Crippen LogP contribution >= 0.6 is 0 Å². The van der Waals surface area contributed by atoms with Gasteiger partial charge in [-0.25, -0.2) is 4.39 Å². The van der Waals surface area contributed by atoms with Crippen molar-refractivity contribution in [3.8, 4) is 0 Å². The van der Waals surface area contributed by atoms with E-state index in [9.17, 15) is 4.39 Å². The van der Waals surface area contributed by atoms with E-state index in [0.717, 1.165) is 11.5 Å². The highest BCUT2D eigenvalue weighted by atomic mass is 19.1. The smallest absolute Gasteiger partial charge is 0.123 e. The standard InChI is InChI=1S/C15H20FN/c1-10-9-12(16)6-7-13(10)15-8-5-11-3-2-4-14(11)17-15/h6-7,9,11,14-15,17H,2-5,8H2,1H3. The molecule has 1 saturated carbocycles. The molecule has 0 amide bonds. The minimum atomic E-state index is -0.124. The van der Waals surface area contributed by atoms with Crippen molar-refractivity contribution in [3.05, 3.63) is 35.1 Å². The SMILES string of the molecule is Cc1cc(F)ccc1C1CCC2CCCC2N1. The van der Waals surface area contributed by atoms with Crippen molar-refractivity contribution >= 4 is 0 Å². The van der Waals surface area contributed by atoms with Crippen molar-refractivity contribution in [2.24, 2.45) is 5.92 Å². The lowest BCUT2D eigenvalue weighted by molar-refractivity contribution is 0.260. The summed E-state index contributed by atoms with van der Waals surface area (Å²) in [6, 6.07) is 6.34. The Hall–Kier alpha value is -0.890. The molecule has 2 fully saturated rings. The quantitative estimate of drug-likeness (QED) is 0.779. The number of rotatable bonds is 1. The molecule has 1 aliphatic heterocycles. The fourth-order valence-corrected chi connectivity index (χ4v) is 3.60. The van der Waals surface area contributed by atoms with Crippen molar-refractivity contribution < 1.29 is 4.39 Å². The third kappa shape index (κ3) is 2.11. The third-order valence-corrected chi connectivity index (χ3v) is 4.51. The molecule has 1 heterocycles. The van der Waals surface area contributed by atoms with E-state index in [1.807, 2.05) is 13.0 Å². The summed E-state index contributed by atoms with van der Waals surface area (Å²) in [4.78, 5) is 0. The van der Waals surface area contributed by atoms with E-state index in [2.05, 4.69) is 5.32 Å². The first-order valence-electron chi connectivity index (χ1n) is 6.76. The molecule has 1 aliphatic carbocycles. The number of hydrogen-bond acceptors (Lipinski definition) is 1. The zero-order valence-corrected chi connectivity index (χ0v) is 10.4. The molecular weight excluding hydrogens is 213 g/mol. The molecule has 3 atom stereocenters. The van der Waals surface area contributed by atoms with Crippen molar-refractivity contribution in [1.29, 1.82) is 0 Å². The molecule has 0 bridgehead atoms. The van der Waals surface area contributed by atoms with Gasteiger partial charge in [0.2, 0.25) is 0 Å². The molecule has 0 aromatic heterocycles. The van der Waals surface area contributed by atoms with Crippen LogP contribution in [0.4, 0.5) is 4.39 Å². The third-order valence-electron chi connectivity index (χ3n) is 4.51. The van der Waals surface area contributed by atoms with Crippen molar-refractivity contribution in [2.75, 3.05) is 0 Å². The molecule has 3 rings (SSSR count). The Labute approximate surface area is 102 Å². The number of benzene rings is 1. The van der Waals surface area contributed by atoms with Crippen LogP contribution in [0, 0.1) is 18.7 Å². The second-order valence-corrected chi connectivity index (χ2v) is 5.59. The Morgan fingerprint density at radius 3 is 2.88 bits per heavy atom. The average Bonchev–Trinajstić information content (AvgIpc) is 2.75. The highest BCUT2D eigenvalue weighted by molar-refractivity contribution is 5.30. The summed E-state index contributed by atoms with van der Waals surface area (Å²) in [6.07, 6.45) is 6.62. The van der Waals surface area contributed by atoms with Crippen LogP contribution in [0.3, 0.4) is 0 Å². The maximum atomic E-state index is 13.1. The number of nitrogens with one attached hydrogen (secondary N) is 1. The molecule has 1 aromatic rings. The topological polar surface area (TPSA) is 12.0 Å². The number of halogens is 1. The monoisotopic (exact) mass is 233 g/mol. The summed E-state index contributed by atoms with van der Waals surface area (Å²) in [5.74, 6) is 0.771. The Morgan fingerprint density at radius 1 is 1.18 bits per heavy atom. The molecule has 0 spiro atoms. The van der Waals surface area contributed by atoms with Crippen molar-refractivity contribution in [2.45, 2.75) is 51.1 Å². The molecule has 92 valence electrons. The zero-order valence-electron chi connectivity index (χ0n) is 10.4. The lowest BCUT2D eigenvalue weighted by Gasteiger charge is -2.34. The van der Waals surface area contributed by atoms with E-state index in [0.29, 0.717) is 12.1 Å². The number of fused-ring (bicyclic) bond motifs is 1. The molecule has 1 saturated heterocycles. The van der Waals surface area contributed by atoms with Crippen LogP contribution in [0.2, 0.25) is 0 Å². The highest BCUT2D eigenvalue weighted by Crippen LogP contribution is 2.38. The van der Waals surface area contributed by atoms with Gasteiger partial charge in [-0.3, -0.25) is 0 Å². The summed E-state index contributed by atoms with van der Waals surface area (Å²) in [6.45, 7) is 2.01. The predicted molar refractivity (Wildman–Crippen MR) is 67.4 cm³/mol. The van der Waals surface area contributed by atoms with Gasteiger partial charge in [0.05, 0.1) is 0 Å². The van der Waals surface area contributed by atoms with Crippen LogP contribution in [0.5, 0.6) is 0 Å². The minimum Gasteiger partial charge on any atom is -0.307 e. The summed E-state index contributed by atoms with van der Waals surface area (Å²) < 4.78 is 13.1. The molecule has 2 aliphatic rings. The number of aryl methyl sites for hydroxylation is 1. The van der Waals surface area contributed by atoms with Crippen LogP contribution in [0.25, 0.3) is 0 Å². The van der Waals surface area contributed by atoms with Gasteiger partial charge in [0, 0.05) is 12.1 Å². The van der Waals surface area contributed by atoms with E-state index in [1.54, 1.807) is 12.1 Å². The van der Waals surface area contributed by atoms with E-state index in [4.69, 9.17) is 0 Å². The fraction of sp³-hybridized carbons (Fsp3) is 0.600. The molecule has 17 heavy (non-hydrogen) atoms. The molecule has 1 N–H and O–H groups in total. The fourth-order valence-electron chi connectivity index (χ4n) is 3.60. The predicted octanol–water partition coefficient (Wildman–Crippen LogP) is 3.73. The van der Waals surface area contributed by atoms with Gasteiger partial charge in [0.25, 0.3) is 0 Å².